The predicted octanol–water partition coefficient (Wildman–Crippen LogP) is 6.94. The number of nitrogens with one attached hydrogen (secondary N) is 1. The number of piperidine rings is 1. The predicted molar refractivity (Wildman–Crippen MR) is 153 cm³/mol. The standard InChI is InChI=1S/C30H40N2O2.C2H6/c1-5-7-9-23(10-8-6-2)11-14-30(34)31-16-15-27-28-19-32(20-29(27)28)26-13-12-24(17-22(3)4)25(18-26)21-33;1-2/h5,7-14,18,21-22,27-29H,6,15-17,19-20H2,1-4H3,(H,31,34);1-2H3/b7-5-,10-8+,14-11+,23-9+;. The zero-order valence-electron chi connectivity index (χ0n) is 23.2. The SMILES string of the molecule is CC.C\C=C/C=C(\C=C\CC)/C=C/C(=O)NCCC1C2CN(c3ccc(CC(C)C)c(C=O)c3)CC12. The van der Waals surface area contributed by atoms with Gasteiger partial charge < -0.3 is 10.2 Å². The molecule has 2 atom stereocenters. The number of hydrogen-bond acceptors (Lipinski definition) is 3. The highest BCUT2D eigenvalue weighted by atomic mass is 16.1. The summed E-state index contributed by atoms with van der Waals surface area (Å²) < 4.78 is 0. The zero-order chi connectivity index (χ0) is 26.5. The van der Waals surface area contributed by atoms with Crippen LogP contribution in [0.15, 0.2) is 66.3 Å². The van der Waals surface area contributed by atoms with Gasteiger partial charge in [-0.05, 0) is 79.2 Å². The van der Waals surface area contributed by atoms with Crippen LogP contribution >= 0.6 is 0 Å². The molecule has 0 radical (unpaired) electrons. The lowest BCUT2D eigenvalue weighted by Gasteiger charge is -2.23. The maximum absolute atomic E-state index is 12.2. The summed E-state index contributed by atoms with van der Waals surface area (Å²) in [6.45, 7) is 15.3. The second kappa shape index (κ2) is 15.3. The Bertz CT molecular complexity index is 958. The van der Waals surface area contributed by atoms with Crippen LogP contribution in [0.3, 0.4) is 0 Å². The first-order valence-electron chi connectivity index (χ1n) is 13.7. The largest absolute Gasteiger partial charge is 0.371 e. The molecule has 1 saturated carbocycles. The highest BCUT2D eigenvalue weighted by Gasteiger charge is 2.54. The average Bonchev–Trinajstić information content (AvgIpc) is 3.32. The normalized spacial score (nSPS) is 21.2. The highest BCUT2D eigenvalue weighted by molar-refractivity contribution is 5.88. The number of carbonyl (C=O) groups excluding carboxylic acids is 2. The van der Waals surface area contributed by atoms with Gasteiger partial charge in [0.2, 0.25) is 5.91 Å². The highest BCUT2D eigenvalue weighted by Crippen LogP contribution is 2.54. The van der Waals surface area contributed by atoms with Crippen molar-refractivity contribution in [2.45, 2.75) is 60.8 Å². The second-order valence-electron chi connectivity index (χ2n) is 9.91. The number of rotatable bonds is 12. The van der Waals surface area contributed by atoms with Crippen LogP contribution in [0.5, 0.6) is 0 Å². The second-order valence-corrected chi connectivity index (χ2v) is 9.91. The van der Waals surface area contributed by atoms with Crippen LogP contribution in [-0.2, 0) is 11.2 Å². The monoisotopic (exact) mass is 490 g/mol. The molecule has 2 aliphatic rings. The fourth-order valence-corrected chi connectivity index (χ4v) is 5.02. The third kappa shape index (κ3) is 8.65. The topological polar surface area (TPSA) is 49.4 Å². The van der Waals surface area contributed by atoms with Crippen molar-refractivity contribution in [1.82, 2.24) is 5.32 Å². The molecule has 1 heterocycles. The summed E-state index contributed by atoms with van der Waals surface area (Å²) in [5.74, 6) is 2.61. The van der Waals surface area contributed by atoms with Gasteiger partial charge in [-0.2, -0.15) is 0 Å². The van der Waals surface area contributed by atoms with E-state index in [0.29, 0.717) is 23.7 Å². The first-order chi connectivity index (χ1) is 17.5. The van der Waals surface area contributed by atoms with Gasteiger partial charge in [0.05, 0.1) is 0 Å². The Labute approximate surface area is 219 Å². The lowest BCUT2D eigenvalue weighted by atomic mass is 9.98. The number of aldehydes is 1. The van der Waals surface area contributed by atoms with E-state index >= 15 is 0 Å². The molecule has 1 aromatic rings. The van der Waals surface area contributed by atoms with E-state index in [1.54, 1.807) is 6.08 Å². The van der Waals surface area contributed by atoms with Gasteiger partial charge in [-0.15, -0.1) is 0 Å². The third-order valence-electron chi connectivity index (χ3n) is 6.85. The number of fused-ring (bicyclic) bond motifs is 1. The van der Waals surface area contributed by atoms with Crippen LogP contribution in [0.1, 0.15) is 70.3 Å². The first kappa shape index (κ1) is 29.4. The fourth-order valence-electron chi connectivity index (χ4n) is 5.02. The minimum atomic E-state index is -0.0356. The summed E-state index contributed by atoms with van der Waals surface area (Å²) in [6, 6.07) is 6.36. The van der Waals surface area contributed by atoms with Crippen molar-refractivity contribution in [3.8, 4) is 0 Å². The van der Waals surface area contributed by atoms with Gasteiger partial charge in [0.1, 0.15) is 6.29 Å². The van der Waals surface area contributed by atoms with Crippen LogP contribution in [0.4, 0.5) is 5.69 Å². The van der Waals surface area contributed by atoms with Crippen molar-refractivity contribution < 1.29 is 9.59 Å². The molecule has 2 fully saturated rings. The molecule has 2 unspecified atom stereocenters. The van der Waals surface area contributed by atoms with Gasteiger partial charge in [-0.3, -0.25) is 9.59 Å². The Morgan fingerprint density at radius 1 is 1.14 bits per heavy atom. The molecule has 4 nitrogen and oxygen atoms in total. The van der Waals surface area contributed by atoms with E-state index in [4.69, 9.17) is 0 Å². The molecule has 1 aromatic carbocycles. The average molecular weight is 491 g/mol. The molecule has 3 rings (SSSR count). The number of anilines is 1. The van der Waals surface area contributed by atoms with Crippen molar-refractivity contribution in [3.63, 3.8) is 0 Å². The number of allylic oxidation sites excluding steroid dienone is 7. The summed E-state index contributed by atoms with van der Waals surface area (Å²) in [5.41, 5.74) is 4.15. The molecular formula is C32H46N2O2. The van der Waals surface area contributed by atoms with Crippen LogP contribution < -0.4 is 10.2 Å². The number of carbonyl (C=O) groups is 2. The van der Waals surface area contributed by atoms with E-state index in [9.17, 15) is 9.59 Å². The van der Waals surface area contributed by atoms with Gasteiger partial charge in [-0.1, -0.05) is 71.1 Å². The van der Waals surface area contributed by atoms with Crippen molar-refractivity contribution in [1.29, 1.82) is 0 Å². The molecule has 36 heavy (non-hydrogen) atoms. The molecule has 1 aliphatic carbocycles. The van der Waals surface area contributed by atoms with Crippen LogP contribution in [0.2, 0.25) is 0 Å². The molecule has 196 valence electrons. The summed E-state index contributed by atoms with van der Waals surface area (Å²) in [6.07, 6.45) is 17.5. The van der Waals surface area contributed by atoms with Gasteiger partial charge in [0.25, 0.3) is 0 Å². The molecule has 1 saturated heterocycles. The van der Waals surface area contributed by atoms with E-state index in [1.807, 2.05) is 51.2 Å². The summed E-state index contributed by atoms with van der Waals surface area (Å²) in [4.78, 5) is 26.2. The summed E-state index contributed by atoms with van der Waals surface area (Å²) in [7, 11) is 0. The Hall–Kier alpha value is -2.88. The van der Waals surface area contributed by atoms with E-state index in [1.165, 1.54) is 0 Å². The van der Waals surface area contributed by atoms with Crippen molar-refractivity contribution in [3.05, 3.63) is 77.4 Å². The smallest absolute Gasteiger partial charge is 0.243 e. The number of nitrogens with zero attached hydrogens (tertiary/aromatic N) is 1. The Morgan fingerprint density at radius 2 is 1.86 bits per heavy atom. The number of amides is 1. The Kier molecular flexibility index (Phi) is 12.5. The van der Waals surface area contributed by atoms with Crippen LogP contribution in [-0.4, -0.2) is 31.8 Å². The minimum absolute atomic E-state index is 0.0356. The van der Waals surface area contributed by atoms with Crippen molar-refractivity contribution in [2.75, 3.05) is 24.5 Å². The Balaban J connectivity index is 0.00000222. The molecule has 0 aromatic heterocycles. The molecule has 0 spiro atoms. The van der Waals surface area contributed by atoms with Gasteiger partial charge in [0, 0.05) is 37.0 Å². The first-order valence-corrected chi connectivity index (χ1v) is 13.7. The van der Waals surface area contributed by atoms with E-state index < -0.39 is 0 Å². The quantitative estimate of drug-likeness (QED) is 0.196. The maximum atomic E-state index is 12.2. The van der Waals surface area contributed by atoms with Crippen molar-refractivity contribution >= 4 is 17.9 Å². The minimum Gasteiger partial charge on any atom is -0.371 e. The van der Waals surface area contributed by atoms with E-state index in [-0.39, 0.29) is 5.91 Å². The lowest BCUT2D eigenvalue weighted by Crippen LogP contribution is -2.26. The zero-order valence-corrected chi connectivity index (χ0v) is 23.2. The summed E-state index contributed by atoms with van der Waals surface area (Å²) in [5, 5.41) is 3.04. The molecule has 1 amide bonds. The van der Waals surface area contributed by atoms with Crippen LogP contribution in [0.25, 0.3) is 0 Å². The van der Waals surface area contributed by atoms with Gasteiger partial charge in [-0.25, -0.2) is 0 Å². The van der Waals surface area contributed by atoms with E-state index in [2.05, 4.69) is 55.3 Å². The molecular weight excluding hydrogens is 444 g/mol. The number of benzene rings is 1. The van der Waals surface area contributed by atoms with Crippen molar-refractivity contribution in [2.24, 2.45) is 23.7 Å². The lowest BCUT2D eigenvalue weighted by molar-refractivity contribution is -0.116. The Morgan fingerprint density at radius 3 is 2.47 bits per heavy atom. The van der Waals surface area contributed by atoms with Gasteiger partial charge >= 0.3 is 0 Å². The van der Waals surface area contributed by atoms with Crippen LogP contribution in [0, 0.1) is 23.7 Å². The maximum Gasteiger partial charge on any atom is 0.243 e. The third-order valence-corrected chi connectivity index (χ3v) is 6.85. The molecule has 1 aliphatic heterocycles. The van der Waals surface area contributed by atoms with E-state index in [0.717, 1.165) is 67.6 Å². The van der Waals surface area contributed by atoms with Gasteiger partial charge in [0.15, 0.2) is 0 Å². The fraction of sp³-hybridized carbons (Fsp3) is 0.500. The summed E-state index contributed by atoms with van der Waals surface area (Å²) >= 11 is 0. The molecule has 0 bridgehead atoms. The number of hydrogen-bond donors (Lipinski definition) is 1. The molecule has 1 N–H and O–H groups in total. The molecule has 4 heteroatoms.